The minimum atomic E-state index is 0.512. The van der Waals surface area contributed by atoms with Crippen molar-refractivity contribution in [3.63, 3.8) is 0 Å². The number of hydrogen-bond donors (Lipinski definition) is 2. The minimum Gasteiger partial charge on any atom is -0.354 e. The van der Waals surface area contributed by atoms with Gasteiger partial charge in [0.1, 0.15) is 6.33 Å². The van der Waals surface area contributed by atoms with E-state index in [1.807, 2.05) is 13.1 Å². The first-order valence-corrected chi connectivity index (χ1v) is 6.10. The summed E-state index contributed by atoms with van der Waals surface area (Å²) in [5.74, 6) is 1.77. The third kappa shape index (κ3) is 2.39. The summed E-state index contributed by atoms with van der Waals surface area (Å²) in [7, 11) is 0. The fourth-order valence-corrected chi connectivity index (χ4v) is 1.57. The average molecular weight is 245 g/mol. The fourth-order valence-electron chi connectivity index (χ4n) is 1.57. The topological polar surface area (TPSA) is 80.5 Å². The highest BCUT2D eigenvalue weighted by Gasteiger charge is 2.22. The summed E-state index contributed by atoms with van der Waals surface area (Å²) in [4.78, 5) is 17.1. The lowest BCUT2D eigenvalue weighted by atomic mass is 10.6. The van der Waals surface area contributed by atoms with Gasteiger partial charge in [0.25, 0.3) is 0 Å². The fraction of sp³-hybridized carbons (Fsp3) is 0.455. The maximum absolute atomic E-state index is 4.39. The van der Waals surface area contributed by atoms with Gasteiger partial charge in [-0.2, -0.15) is 15.0 Å². The molecule has 1 aliphatic rings. The molecule has 7 heteroatoms. The summed E-state index contributed by atoms with van der Waals surface area (Å²) in [6.07, 6.45) is 7.55. The molecule has 18 heavy (non-hydrogen) atoms. The highest BCUT2D eigenvalue weighted by atomic mass is 15.3. The highest BCUT2D eigenvalue weighted by molar-refractivity contribution is 5.39. The van der Waals surface area contributed by atoms with Crippen LogP contribution in [0.25, 0.3) is 5.95 Å². The van der Waals surface area contributed by atoms with E-state index in [2.05, 4.69) is 30.6 Å². The zero-order valence-electron chi connectivity index (χ0n) is 10.2. The Labute approximate surface area is 105 Å². The Bertz CT molecular complexity index is 518. The Morgan fingerprint density at radius 1 is 1.28 bits per heavy atom. The molecule has 0 amide bonds. The zero-order chi connectivity index (χ0) is 12.4. The molecule has 0 unspecified atom stereocenters. The molecule has 2 N–H and O–H groups in total. The first-order chi connectivity index (χ1) is 8.85. The molecule has 0 bridgehead atoms. The average Bonchev–Trinajstić information content (AvgIpc) is 3.00. The number of hydrogen-bond acceptors (Lipinski definition) is 6. The predicted molar refractivity (Wildman–Crippen MR) is 67.8 cm³/mol. The molecule has 7 nitrogen and oxygen atoms in total. The third-order valence-electron chi connectivity index (χ3n) is 2.60. The lowest BCUT2D eigenvalue weighted by Gasteiger charge is -2.08. The largest absolute Gasteiger partial charge is 0.354 e. The summed E-state index contributed by atoms with van der Waals surface area (Å²) in [5.41, 5.74) is 0. The van der Waals surface area contributed by atoms with Crippen LogP contribution in [0.15, 0.2) is 18.7 Å². The van der Waals surface area contributed by atoms with Crippen LogP contribution in [0.5, 0.6) is 0 Å². The molecule has 94 valence electrons. The number of nitrogens with zero attached hydrogens (tertiary/aromatic N) is 5. The molecule has 0 atom stereocenters. The quantitative estimate of drug-likeness (QED) is 0.820. The summed E-state index contributed by atoms with van der Waals surface area (Å²) >= 11 is 0. The van der Waals surface area contributed by atoms with Gasteiger partial charge < -0.3 is 10.6 Å². The first kappa shape index (κ1) is 10.9. The summed E-state index contributed by atoms with van der Waals surface area (Å²) in [6.45, 7) is 2.78. The summed E-state index contributed by atoms with van der Waals surface area (Å²) < 4.78 is 1.76. The van der Waals surface area contributed by atoms with Crippen LogP contribution in [0.4, 0.5) is 11.9 Å². The molecule has 0 aromatic carbocycles. The molecular weight excluding hydrogens is 230 g/mol. The van der Waals surface area contributed by atoms with E-state index in [9.17, 15) is 0 Å². The molecule has 2 aromatic heterocycles. The number of aromatic nitrogens is 5. The molecule has 3 rings (SSSR count). The second-order valence-electron chi connectivity index (χ2n) is 4.20. The monoisotopic (exact) mass is 245 g/mol. The van der Waals surface area contributed by atoms with Crippen molar-refractivity contribution in [3.05, 3.63) is 18.7 Å². The number of anilines is 2. The maximum atomic E-state index is 4.39. The van der Waals surface area contributed by atoms with Crippen LogP contribution in [0.3, 0.4) is 0 Å². The van der Waals surface area contributed by atoms with Crippen LogP contribution < -0.4 is 10.6 Å². The molecular formula is C11H15N7. The zero-order valence-corrected chi connectivity index (χ0v) is 10.2. The molecule has 2 aromatic rings. The van der Waals surface area contributed by atoms with Crippen molar-refractivity contribution >= 4 is 11.9 Å². The van der Waals surface area contributed by atoms with Crippen LogP contribution in [0, 0.1) is 0 Å². The number of rotatable bonds is 5. The smallest absolute Gasteiger partial charge is 0.241 e. The van der Waals surface area contributed by atoms with Crippen molar-refractivity contribution in [3.8, 4) is 5.95 Å². The Kier molecular flexibility index (Phi) is 2.79. The Hall–Kier alpha value is -2.18. The second kappa shape index (κ2) is 4.59. The Morgan fingerprint density at radius 2 is 2.11 bits per heavy atom. The van der Waals surface area contributed by atoms with E-state index < -0.39 is 0 Å². The van der Waals surface area contributed by atoms with Gasteiger partial charge in [0, 0.05) is 25.0 Å². The van der Waals surface area contributed by atoms with E-state index in [0.29, 0.717) is 23.9 Å². The second-order valence-corrected chi connectivity index (χ2v) is 4.20. The Morgan fingerprint density at radius 3 is 2.78 bits per heavy atom. The highest BCUT2D eigenvalue weighted by Crippen LogP contribution is 2.23. The lowest BCUT2D eigenvalue weighted by Crippen LogP contribution is -2.12. The van der Waals surface area contributed by atoms with Gasteiger partial charge in [-0.3, -0.25) is 4.57 Å². The summed E-state index contributed by atoms with van der Waals surface area (Å²) in [5, 5.41) is 6.39. The molecule has 1 fully saturated rings. The molecule has 0 saturated heterocycles. The molecule has 2 heterocycles. The molecule has 0 spiro atoms. The van der Waals surface area contributed by atoms with E-state index in [4.69, 9.17) is 0 Å². The maximum Gasteiger partial charge on any atom is 0.241 e. The van der Waals surface area contributed by atoms with E-state index in [1.165, 1.54) is 12.8 Å². The van der Waals surface area contributed by atoms with Crippen molar-refractivity contribution in [2.45, 2.75) is 25.8 Å². The molecule has 0 aliphatic heterocycles. The van der Waals surface area contributed by atoms with Gasteiger partial charge in [0.2, 0.25) is 17.8 Å². The van der Waals surface area contributed by atoms with E-state index in [1.54, 1.807) is 17.1 Å². The van der Waals surface area contributed by atoms with Crippen LogP contribution in [-0.2, 0) is 0 Å². The van der Waals surface area contributed by atoms with Gasteiger partial charge in [-0.1, -0.05) is 0 Å². The van der Waals surface area contributed by atoms with Crippen LogP contribution in [0.2, 0.25) is 0 Å². The van der Waals surface area contributed by atoms with Gasteiger partial charge in [0.15, 0.2) is 0 Å². The molecule has 0 radical (unpaired) electrons. The normalized spacial score (nSPS) is 14.5. The van der Waals surface area contributed by atoms with Gasteiger partial charge in [0.05, 0.1) is 0 Å². The third-order valence-corrected chi connectivity index (χ3v) is 2.60. The lowest BCUT2D eigenvalue weighted by molar-refractivity contribution is 0.886. The van der Waals surface area contributed by atoms with E-state index >= 15 is 0 Å². The first-order valence-electron chi connectivity index (χ1n) is 6.10. The van der Waals surface area contributed by atoms with Crippen LogP contribution in [-0.4, -0.2) is 37.1 Å². The number of imidazole rings is 1. The standard InChI is InChI=1S/C11H15N7/c1-2-13-9-15-10(14-8-3-4-8)17-11(16-9)18-6-5-12-7-18/h5-8H,2-4H2,1H3,(H2,13,14,15,16,17). The van der Waals surface area contributed by atoms with Crippen molar-refractivity contribution in [1.29, 1.82) is 0 Å². The van der Waals surface area contributed by atoms with Crippen LogP contribution in [0.1, 0.15) is 19.8 Å². The van der Waals surface area contributed by atoms with Crippen molar-refractivity contribution in [2.24, 2.45) is 0 Å². The van der Waals surface area contributed by atoms with E-state index in [-0.39, 0.29) is 0 Å². The van der Waals surface area contributed by atoms with Gasteiger partial charge in [-0.05, 0) is 19.8 Å². The predicted octanol–water partition coefficient (Wildman–Crippen LogP) is 1.06. The van der Waals surface area contributed by atoms with Crippen molar-refractivity contribution in [1.82, 2.24) is 24.5 Å². The van der Waals surface area contributed by atoms with Gasteiger partial charge in [-0.15, -0.1) is 0 Å². The summed E-state index contributed by atoms with van der Waals surface area (Å²) in [6, 6.07) is 0.512. The molecule has 1 saturated carbocycles. The number of nitrogens with one attached hydrogen (secondary N) is 2. The van der Waals surface area contributed by atoms with E-state index in [0.717, 1.165) is 6.54 Å². The van der Waals surface area contributed by atoms with Crippen molar-refractivity contribution < 1.29 is 0 Å². The van der Waals surface area contributed by atoms with Crippen molar-refractivity contribution in [2.75, 3.05) is 17.2 Å². The molecule has 1 aliphatic carbocycles. The van der Waals surface area contributed by atoms with Crippen LogP contribution >= 0.6 is 0 Å². The van der Waals surface area contributed by atoms with Gasteiger partial charge >= 0.3 is 0 Å². The SMILES string of the molecule is CCNc1nc(NC2CC2)nc(-n2ccnc2)n1. The Balaban J connectivity index is 1.93. The van der Waals surface area contributed by atoms with Gasteiger partial charge in [-0.25, -0.2) is 4.98 Å². The minimum absolute atomic E-state index is 0.512.